The number of aliphatic imine (C=N–C) groups is 4. The first kappa shape index (κ1) is 15.3. The quantitative estimate of drug-likeness (QED) is 0.586. The maximum absolute atomic E-state index is 6.20. The first-order valence-electron chi connectivity index (χ1n) is 6.81. The molecule has 0 spiro atoms. The second-order valence-corrected chi connectivity index (χ2v) is 4.89. The van der Waals surface area contributed by atoms with Crippen LogP contribution in [0.15, 0.2) is 44.4 Å². The zero-order valence-electron chi connectivity index (χ0n) is 11.9. The molecule has 1 aliphatic heterocycles. The fourth-order valence-corrected chi connectivity index (χ4v) is 2.15. The van der Waals surface area contributed by atoms with Crippen LogP contribution in [0, 0.1) is 0 Å². The van der Waals surface area contributed by atoms with E-state index in [9.17, 15) is 0 Å². The maximum Gasteiger partial charge on any atom is 0.114 e. The first-order valence-corrected chi connectivity index (χ1v) is 7.19. The molecule has 0 saturated heterocycles. The van der Waals surface area contributed by atoms with Gasteiger partial charge in [-0.2, -0.15) is 0 Å². The Kier molecular flexibility index (Phi) is 6.03. The van der Waals surface area contributed by atoms with E-state index in [0.717, 1.165) is 29.7 Å². The van der Waals surface area contributed by atoms with Gasteiger partial charge in [-0.3, -0.25) is 4.99 Å². The predicted molar refractivity (Wildman–Crippen MR) is 92.3 cm³/mol. The van der Waals surface area contributed by atoms with Crippen molar-refractivity contribution in [3.8, 4) is 0 Å². The molecule has 0 aliphatic carbocycles. The van der Waals surface area contributed by atoms with E-state index in [2.05, 4.69) is 26.0 Å². The van der Waals surface area contributed by atoms with E-state index in [1.54, 1.807) is 6.34 Å². The van der Waals surface area contributed by atoms with E-state index >= 15 is 0 Å². The Morgan fingerprint density at radius 1 is 1.29 bits per heavy atom. The molecule has 0 atom stereocenters. The molecule has 0 amide bonds. The highest BCUT2D eigenvalue weighted by atomic mass is 35.5. The third-order valence-corrected chi connectivity index (χ3v) is 3.09. The smallest absolute Gasteiger partial charge is 0.114 e. The largest absolute Gasteiger partial charge is 0.274 e. The average Bonchev–Trinajstić information content (AvgIpc) is 2.75. The lowest BCUT2D eigenvalue weighted by Crippen LogP contribution is -1.92. The topological polar surface area (TPSA) is 49.4 Å². The number of rotatable bonds is 5. The van der Waals surface area contributed by atoms with Gasteiger partial charge in [-0.05, 0) is 35.8 Å². The van der Waals surface area contributed by atoms with Gasteiger partial charge < -0.3 is 0 Å². The summed E-state index contributed by atoms with van der Waals surface area (Å²) in [4.78, 5) is 16.3. The molecule has 0 N–H and O–H groups in total. The second-order valence-electron chi connectivity index (χ2n) is 4.45. The summed E-state index contributed by atoms with van der Waals surface area (Å²) >= 11 is 6.20. The predicted octanol–water partition coefficient (Wildman–Crippen LogP) is 3.85. The molecule has 0 aromatic heterocycles. The molecule has 0 unspecified atom stereocenters. The van der Waals surface area contributed by atoms with E-state index in [4.69, 9.17) is 11.6 Å². The van der Waals surface area contributed by atoms with Crippen LogP contribution in [0.4, 0.5) is 0 Å². The summed E-state index contributed by atoms with van der Waals surface area (Å²) in [6.07, 6.45) is 10.1. The Bertz CT molecular complexity index is 627. The van der Waals surface area contributed by atoms with Crippen molar-refractivity contribution in [3.63, 3.8) is 0 Å². The third kappa shape index (κ3) is 5.08. The highest BCUT2D eigenvalue weighted by Crippen LogP contribution is 2.24. The van der Waals surface area contributed by atoms with Crippen molar-refractivity contribution in [1.82, 2.24) is 0 Å². The zero-order chi connectivity index (χ0) is 14.9. The number of nitrogens with zero attached hydrogens (tertiary/aromatic N) is 4. The normalized spacial score (nSPS) is 14.9. The molecule has 5 heteroatoms. The monoisotopic (exact) mass is 300 g/mol. The van der Waals surface area contributed by atoms with Crippen molar-refractivity contribution in [2.75, 3.05) is 6.54 Å². The first-order chi connectivity index (χ1) is 10.3. The van der Waals surface area contributed by atoms with Crippen molar-refractivity contribution in [3.05, 3.63) is 40.5 Å². The summed E-state index contributed by atoms with van der Waals surface area (Å²) in [7, 11) is 0. The zero-order valence-corrected chi connectivity index (χ0v) is 12.7. The molecule has 0 saturated carbocycles. The maximum atomic E-state index is 6.20. The summed E-state index contributed by atoms with van der Waals surface area (Å²) in [5, 5.41) is 0.712. The number of benzene rings is 1. The highest BCUT2D eigenvalue weighted by molar-refractivity contribution is 6.30. The molecular formula is C16H17ClN4. The van der Waals surface area contributed by atoms with Gasteiger partial charge in [0.2, 0.25) is 0 Å². The van der Waals surface area contributed by atoms with Gasteiger partial charge in [-0.1, -0.05) is 17.7 Å². The summed E-state index contributed by atoms with van der Waals surface area (Å²) in [5.41, 5.74) is 3.27. The van der Waals surface area contributed by atoms with E-state index < -0.39 is 0 Å². The van der Waals surface area contributed by atoms with Gasteiger partial charge in [0.25, 0.3) is 0 Å². The van der Waals surface area contributed by atoms with E-state index in [1.165, 1.54) is 6.34 Å². The van der Waals surface area contributed by atoms with Crippen LogP contribution < -0.4 is 0 Å². The summed E-state index contributed by atoms with van der Waals surface area (Å²) in [5.74, 6) is 0. The van der Waals surface area contributed by atoms with Crippen molar-refractivity contribution < 1.29 is 0 Å². The van der Waals surface area contributed by atoms with Crippen LogP contribution in [0.25, 0.3) is 5.57 Å². The van der Waals surface area contributed by atoms with Gasteiger partial charge >= 0.3 is 0 Å². The lowest BCUT2D eigenvalue weighted by molar-refractivity contribution is 1.13. The molecule has 2 rings (SSSR count). The van der Waals surface area contributed by atoms with Crippen LogP contribution in [-0.4, -0.2) is 31.7 Å². The molecule has 1 heterocycles. The van der Waals surface area contributed by atoms with Crippen LogP contribution in [0.5, 0.6) is 0 Å². The number of halogens is 1. The standard InChI is InChI=1S/C16H17ClN4/c1-2-18-11-19-5-3-13-7-15(9-16(17)8-13)14-4-6-20-12-21-10-14/h5-12H,2-4H2,1H3/b18-11-,19-5-. The minimum Gasteiger partial charge on any atom is -0.274 e. The molecule has 1 aliphatic rings. The minimum atomic E-state index is 0.712. The highest BCUT2D eigenvalue weighted by Gasteiger charge is 2.05. The van der Waals surface area contributed by atoms with Gasteiger partial charge in [0.05, 0.1) is 0 Å². The van der Waals surface area contributed by atoms with Gasteiger partial charge in [-0.15, -0.1) is 0 Å². The van der Waals surface area contributed by atoms with E-state index in [1.807, 2.05) is 37.7 Å². The second kappa shape index (κ2) is 8.27. The van der Waals surface area contributed by atoms with Crippen molar-refractivity contribution in [2.45, 2.75) is 19.8 Å². The molecule has 1 aromatic rings. The van der Waals surface area contributed by atoms with Crippen LogP contribution in [0.3, 0.4) is 0 Å². The Morgan fingerprint density at radius 2 is 2.19 bits per heavy atom. The van der Waals surface area contributed by atoms with Gasteiger partial charge in [-0.25, -0.2) is 15.0 Å². The molecule has 0 fully saturated rings. The number of hydrogen-bond acceptors (Lipinski definition) is 3. The van der Waals surface area contributed by atoms with Crippen LogP contribution in [0.2, 0.25) is 5.02 Å². The third-order valence-electron chi connectivity index (χ3n) is 2.87. The van der Waals surface area contributed by atoms with Crippen molar-refractivity contribution in [1.29, 1.82) is 0 Å². The molecule has 108 valence electrons. The Balaban J connectivity index is 2.15. The summed E-state index contributed by atoms with van der Waals surface area (Å²) in [6.45, 7) is 2.72. The van der Waals surface area contributed by atoms with Crippen LogP contribution >= 0.6 is 11.6 Å². The molecule has 1 aromatic carbocycles. The van der Waals surface area contributed by atoms with Crippen LogP contribution in [-0.2, 0) is 6.42 Å². The molecule has 21 heavy (non-hydrogen) atoms. The lowest BCUT2D eigenvalue weighted by Gasteiger charge is -2.07. The minimum absolute atomic E-state index is 0.712. The lowest BCUT2D eigenvalue weighted by atomic mass is 10.0. The van der Waals surface area contributed by atoms with Crippen molar-refractivity contribution in [2.24, 2.45) is 20.0 Å². The van der Waals surface area contributed by atoms with E-state index in [0.29, 0.717) is 11.4 Å². The van der Waals surface area contributed by atoms with Gasteiger partial charge in [0.15, 0.2) is 0 Å². The summed E-state index contributed by atoms with van der Waals surface area (Å²) in [6, 6.07) is 6.00. The molecule has 0 bridgehead atoms. The van der Waals surface area contributed by atoms with E-state index in [-0.39, 0.29) is 0 Å². The van der Waals surface area contributed by atoms with Crippen molar-refractivity contribution >= 4 is 42.3 Å². The fourth-order valence-electron chi connectivity index (χ4n) is 1.89. The van der Waals surface area contributed by atoms with Gasteiger partial charge in [0, 0.05) is 43.0 Å². The fraction of sp³-hybridized carbons (Fsp3) is 0.250. The van der Waals surface area contributed by atoms with Crippen LogP contribution in [0.1, 0.15) is 24.5 Å². The Hall–Kier alpha value is -2.07. The Morgan fingerprint density at radius 3 is 3.05 bits per heavy atom. The molecule has 4 nitrogen and oxygen atoms in total. The van der Waals surface area contributed by atoms with Gasteiger partial charge in [0.1, 0.15) is 12.7 Å². The molecular weight excluding hydrogens is 284 g/mol. The summed E-state index contributed by atoms with van der Waals surface area (Å²) < 4.78 is 0. The molecule has 0 radical (unpaired) electrons. The number of allylic oxidation sites excluding steroid dienone is 1. The SMILES string of the molecule is CC/N=C\N=C/Cc1cc(Cl)cc(C2=CN=CN=CC2)c1. The Labute approximate surface area is 129 Å². The average molecular weight is 301 g/mol. The number of hydrogen-bond donors (Lipinski definition) is 0.